The van der Waals surface area contributed by atoms with Crippen molar-refractivity contribution in [3.8, 4) is 5.75 Å². The number of hydrogen-bond donors (Lipinski definition) is 2. The number of rotatable bonds is 7. The molecule has 1 saturated heterocycles. The molecule has 1 aromatic carbocycles. The van der Waals surface area contributed by atoms with Gasteiger partial charge in [0.1, 0.15) is 11.4 Å². The molecule has 1 aliphatic heterocycles. The van der Waals surface area contributed by atoms with Crippen molar-refractivity contribution in [1.29, 1.82) is 0 Å². The molecule has 1 heterocycles. The number of carboxylic acid groups (broad SMARTS) is 1. The molecule has 1 aromatic rings. The molecule has 11 nitrogen and oxygen atoms in total. The number of carboxylic acids is 1. The van der Waals surface area contributed by atoms with Crippen molar-refractivity contribution in [1.82, 2.24) is 9.80 Å². The van der Waals surface area contributed by atoms with Crippen LogP contribution in [0.5, 0.6) is 5.75 Å². The van der Waals surface area contributed by atoms with Gasteiger partial charge in [0, 0.05) is 26.2 Å². The Kier molecular flexibility index (Phi) is 8.56. The zero-order valence-electron chi connectivity index (χ0n) is 18.5. The second kappa shape index (κ2) is 11.1. The first-order valence-corrected chi connectivity index (χ1v) is 10.1. The molecule has 11 heteroatoms. The zero-order valence-corrected chi connectivity index (χ0v) is 18.5. The fourth-order valence-electron chi connectivity index (χ4n) is 2.76. The minimum Gasteiger partial charge on any atom is -0.484 e. The number of amides is 2. The summed E-state index contributed by atoms with van der Waals surface area (Å²) in [4.78, 5) is 42.6. The average Bonchev–Trinajstić information content (AvgIpc) is 2.74. The number of ether oxygens (including phenoxy) is 2. The van der Waals surface area contributed by atoms with Gasteiger partial charge in [-0.1, -0.05) is 0 Å². The van der Waals surface area contributed by atoms with Crippen LogP contribution >= 0.6 is 0 Å². The third kappa shape index (κ3) is 8.25. The van der Waals surface area contributed by atoms with Gasteiger partial charge in [-0.2, -0.15) is 5.10 Å². The Bertz CT molecular complexity index is 868. The first-order valence-electron chi connectivity index (χ1n) is 10.1. The molecule has 1 fully saturated rings. The van der Waals surface area contributed by atoms with Gasteiger partial charge in [0.05, 0.1) is 24.0 Å². The number of piperazine rings is 1. The summed E-state index contributed by atoms with van der Waals surface area (Å²) in [6.07, 6.45) is 0.580. The number of nitrogens with two attached hydrogens (primary N) is 1. The number of nitrogens with zero attached hydrogens (tertiary/aromatic N) is 4. The number of carbonyl (C=O) groups is 3. The van der Waals surface area contributed by atoms with Crippen LogP contribution in [-0.2, 0) is 14.3 Å². The second-order valence-corrected chi connectivity index (χ2v) is 8.08. The Morgan fingerprint density at radius 2 is 1.69 bits per heavy atom. The van der Waals surface area contributed by atoms with E-state index < -0.39 is 11.6 Å². The zero-order chi connectivity index (χ0) is 23.7. The summed E-state index contributed by atoms with van der Waals surface area (Å²) < 4.78 is 10.9. The van der Waals surface area contributed by atoms with E-state index in [2.05, 4.69) is 10.1 Å². The number of hydrazone groups is 1. The van der Waals surface area contributed by atoms with Crippen LogP contribution in [0, 0.1) is 0 Å². The average molecular weight is 447 g/mol. The van der Waals surface area contributed by atoms with Gasteiger partial charge < -0.3 is 30.2 Å². The van der Waals surface area contributed by atoms with Gasteiger partial charge in [-0.05, 0) is 45.0 Å². The lowest BCUT2D eigenvalue weighted by molar-refractivity contribution is -0.136. The van der Waals surface area contributed by atoms with E-state index in [0.717, 1.165) is 0 Å². The van der Waals surface area contributed by atoms with Gasteiger partial charge >= 0.3 is 12.1 Å². The maximum atomic E-state index is 12.4. The van der Waals surface area contributed by atoms with Crippen molar-refractivity contribution < 1.29 is 29.0 Å². The van der Waals surface area contributed by atoms with Crippen LogP contribution in [0.25, 0.3) is 0 Å². The lowest BCUT2D eigenvalue weighted by atomic mass is 10.2. The highest BCUT2D eigenvalue weighted by Crippen LogP contribution is 2.18. The predicted molar refractivity (Wildman–Crippen MR) is 118 cm³/mol. The Morgan fingerprint density at radius 1 is 1.09 bits per heavy atom. The van der Waals surface area contributed by atoms with Gasteiger partial charge in [-0.3, -0.25) is 14.6 Å². The predicted octanol–water partition coefficient (Wildman–Crippen LogP) is 1.64. The van der Waals surface area contributed by atoms with Gasteiger partial charge in [0.15, 0.2) is 6.61 Å². The van der Waals surface area contributed by atoms with E-state index in [1.165, 1.54) is 6.21 Å². The highest BCUT2D eigenvalue weighted by molar-refractivity contribution is 6.34. The van der Waals surface area contributed by atoms with Gasteiger partial charge in [0.2, 0.25) is 0 Å². The maximum absolute atomic E-state index is 12.4. The number of aliphatic imine (C=N–C) groups is 1. The van der Waals surface area contributed by atoms with Crippen LogP contribution in [0.4, 0.5) is 10.5 Å². The Morgan fingerprint density at radius 3 is 2.22 bits per heavy atom. The third-order valence-corrected chi connectivity index (χ3v) is 4.34. The first kappa shape index (κ1) is 24.6. The lowest BCUT2D eigenvalue weighted by Crippen LogP contribution is -2.52. The largest absolute Gasteiger partial charge is 0.484 e. The molecule has 2 amide bonds. The van der Waals surface area contributed by atoms with Crippen molar-refractivity contribution in [2.75, 3.05) is 32.8 Å². The summed E-state index contributed by atoms with van der Waals surface area (Å²) in [5, 5.41) is 12.1. The van der Waals surface area contributed by atoms with Crippen LogP contribution in [0.1, 0.15) is 27.2 Å². The van der Waals surface area contributed by atoms with Crippen LogP contribution in [-0.4, -0.2) is 83.2 Å². The minimum absolute atomic E-state index is 0.127. The number of aliphatic carboxylic acids is 1. The van der Waals surface area contributed by atoms with Crippen molar-refractivity contribution >= 4 is 35.6 Å². The summed E-state index contributed by atoms with van der Waals surface area (Å²) in [7, 11) is 0. The Balaban J connectivity index is 1.79. The molecule has 0 aliphatic carbocycles. The molecular formula is C21H29N5O6. The quantitative estimate of drug-likeness (QED) is 0.367. The molecule has 1 aliphatic rings. The minimum atomic E-state index is -1.06. The fraction of sp³-hybridized carbons (Fsp3) is 0.476. The summed E-state index contributed by atoms with van der Waals surface area (Å²) in [6, 6.07) is 6.61. The second-order valence-electron chi connectivity index (χ2n) is 8.08. The molecule has 2 rings (SSSR count). The van der Waals surface area contributed by atoms with Crippen LogP contribution < -0.4 is 10.6 Å². The van der Waals surface area contributed by atoms with E-state index in [9.17, 15) is 14.4 Å². The molecule has 0 unspecified atom stereocenters. The van der Waals surface area contributed by atoms with E-state index >= 15 is 0 Å². The molecule has 0 radical (unpaired) electrons. The Hall–Kier alpha value is -3.63. The van der Waals surface area contributed by atoms with E-state index in [1.54, 1.807) is 34.1 Å². The normalized spacial score (nSPS) is 15.0. The van der Waals surface area contributed by atoms with Crippen molar-refractivity contribution in [2.45, 2.75) is 32.8 Å². The molecule has 0 atom stereocenters. The Labute approximate surface area is 186 Å². The van der Waals surface area contributed by atoms with Crippen molar-refractivity contribution in [3.63, 3.8) is 0 Å². The van der Waals surface area contributed by atoms with Gasteiger partial charge in [-0.25, -0.2) is 4.79 Å². The summed E-state index contributed by atoms with van der Waals surface area (Å²) >= 11 is 0. The van der Waals surface area contributed by atoms with Crippen molar-refractivity contribution in [3.05, 3.63) is 24.3 Å². The van der Waals surface area contributed by atoms with Crippen molar-refractivity contribution in [2.24, 2.45) is 15.9 Å². The molecule has 0 spiro atoms. The summed E-state index contributed by atoms with van der Waals surface area (Å²) in [6.45, 7) is 6.95. The van der Waals surface area contributed by atoms with Crippen LogP contribution in [0.2, 0.25) is 0 Å². The van der Waals surface area contributed by atoms with Gasteiger partial charge in [-0.15, -0.1) is 0 Å². The molecule has 3 N–H and O–H groups in total. The van der Waals surface area contributed by atoms with E-state index in [0.29, 0.717) is 37.6 Å². The molecule has 0 aromatic heterocycles. The highest BCUT2D eigenvalue weighted by Gasteiger charge is 2.27. The van der Waals surface area contributed by atoms with Crippen LogP contribution in [0.15, 0.2) is 34.4 Å². The van der Waals surface area contributed by atoms with Crippen LogP contribution in [0.3, 0.4) is 0 Å². The molecule has 0 bridgehead atoms. The highest BCUT2D eigenvalue weighted by atomic mass is 16.6. The monoisotopic (exact) mass is 447 g/mol. The first-order chi connectivity index (χ1) is 15.1. The van der Waals surface area contributed by atoms with E-state index in [1.807, 2.05) is 20.8 Å². The molecular weight excluding hydrogens is 418 g/mol. The van der Waals surface area contributed by atoms with Gasteiger partial charge in [0.25, 0.3) is 5.91 Å². The van der Waals surface area contributed by atoms with E-state index in [4.69, 9.17) is 20.4 Å². The standard InChI is InChI=1S/C21H29N5O6/c1-21(2,3)32-20(30)26-10-8-25(9-11-26)18(27)14-31-17-6-4-15(5-7-17)23-13-16(24-22)12-19(28)29/h4-7,13H,8-12,14,22H2,1-3H3,(H,28,29). The summed E-state index contributed by atoms with van der Waals surface area (Å²) in [5.74, 6) is 4.40. The topological polar surface area (TPSA) is 147 Å². The molecule has 32 heavy (non-hydrogen) atoms. The molecule has 0 saturated carbocycles. The third-order valence-electron chi connectivity index (χ3n) is 4.34. The summed E-state index contributed by atoms with van der Waals surface area (Å²) in [5.41, 5.74) is 0.126. The fourth-order valence-corrected chi connectivity index (χ4v) is 2.76. The maximum Gasteiger partial charge on any atom is 0.410 e. The van der Waals surface area contributed by atoms with E-state index in [-0.39, 0.29) is 30.7 Å². The number of hydrogen-bond acceptors (Lipinski definition) is 8. The molecule has 174 valence electrons. The number of benzene rings is 1. The smallest absolute Gasteiger partial charge is 0.410 e. The SMILES string of the molecule is CC(C)(C)OC(=O)N1CCN(C(=O)COc2ccc(N=CC(CC(=O)O)=NN)cc2)CC1. The lowest BCUT2D eigenvalue weighted by Gasteiger charge is -2.35. The number of carbonyl (C=O) groups excluding carboxylic acids is 2.